The molecule has 0 unspecified atom stereocenters. The molecule has 1 N–H and O–H groups in total. The molecule has 0 radical (unpaired) electrons. The van der Waals surface area contributed by atoms with Crippen molar-refractivity contribution in [2.75, 3.05) is 12.4 Å². The summed E-state index contributed by atoms with van der Waals surface area (Å²) in [5.74, 6) is -0.954. The first kappa shape index (κ1) is 14.8. The first-order chi connectivity index (χ1) is 11.1. The molecule has 2 aromatic carbocycles. The van der Waals surface area contributed by atoms with Crippen LogP contribution >= 0.6 is 0 Å². The Bertz CT molecular complexity index is 949. The van der Waals surface area contributed by atoms with Crippen LogP contribution in [0.15, 0.2) is 57.7 Å². The fourth-order valence-electron chi connectivity index (χ4n) is 2.19. The van der Waals surface area contributed by atoms with Crippen molar-refractivity contribution in [2.24, 2.45) is 0 Å². The number of ether oxygens (including phenoxy) is 1. The molecule has 0 spiro atoms. The lowest BCUT2D eigenvalue weighted by atomic mass is 10.1. The summed E-state index contributed by atoms with van der Waals surface area (Å²) in [5, 5.41) is 3.07. The second-order valence-corrected chi connectivity index (χ2v) is 4.78. The summed E-state index contributed by atoms with van der Waals surface area (Å²) in [6.45, 7) is 0. The van der Waals surface area contributed by atoms with Crippen LogP contribution in [0.3, 0.4) is 0 Å². The van der Waals surface area contributed by atoms with Gasteiger partial charge in [0.15, 0.2) is 0 Å². The highest BCUT2D eigenvalue weighted by Gasteiger charge is 2.16. The summed E-state index contributed by atoms with van der Waals surface area (Å²) in [5.41, 5.74) is -0.422. The molecule has 116 valence electrons. The van der Waals surface area contributed by atoms with Crippen LogP contribution in [-0.2, 0) is 0 Å². The first-order valence-corrected chi connectivity index (χ1v) is 6.76. The molecule has 23 heavy (non-hydrogen) atoms. The number of nitrogens with one attached hydrogen (secondary N) is 1. The minimum Gasteiger partial charge on any atom is -0.495 e. The van der Waals surface area contributed by atoms with Gasteiger partial charge in [0.05, 0.1) is 12.8 Å². The van der Waals surface area contributed by atoms with Crippen LogP contribution in [0, 0.1) is 5.82 Å². The normalized spacial score (nSPS) is 10.5. The standard InChI is InChI=1S/C17H12FNO4/c1-22-15-7-6-11(18)9-13(15)19-16(20)12-8-10-4-2-3-5-14(10)23-17(12)21/h2-9H,1H3,(H,19,20). The van der Waals surface area contributed by atoms with E-state index in [1.54, 1.807) is 24.3 Å². The number of anilines is 1. The number of fused-ring (bicyclic) bond motifs is 1. The quantitative estimate of drug-likeness (QED) is 0.754. The smallest absolute Gasteiger partial charge is 0.349 e. The maximum absolute atomic E-state index is 13.3. The number of para-hydroxylation sites is 1. The van der Waals surface area contributed by atoms with Gasteiger partial charge >= 0.3 is 5.63 Å². The number of halogens is 1. The van der Waals surface area contributed by atoms with E-state index in [0.717, 1.165) is 6.07 Å². The zero-order chi connectivity index (χ0) is 16.4. The highest BCUT2D eigenvalue weighted by molar-refractivity contribution is 6.06. The fraction of sp³-hybridized carbons (Fsp3) is 0.0588. The minimum atomic E-state index is -0.767. The van der Waals surface area contributed by atoms with E-state index in [2.05, 4.69) is 5.32 Å². The van der Waals surface area contributed by atoms with E-state index in [1.807, 2.05) is 0 Å². The van der Waals surface area contributed by atoms with Crippen molar-refractivity contribution in [1.29, 1.82) is 0 Å². The van der Waals surface area contributed by atoms with Crippen LogP contribution < -0.4 is 15.7 Å². The van der Waals surface area contributed by atoms with E-state index < -0.39 is 17.3 Å². The lowest BCUT2D eigenvalue weighted by Gasteiger charge is -2.10. The zero-order valence-electron chi connectivity index (χ0n) is 12.1. The number of hydrogen-bond donors (Lipinski definition) is 1. The van der Waals surface area contributed by atoms with Crippen LogP contribution in [0.5, 0.6) is 5.75 Å². The van der Waals surface area contributed by atoms with Gasteiger partial charge in [-0.3, -0.25) is 4.79 Å². The summed E-state index contributed by atoms with van der Waals surface area (Å²) in [7, 11) is 1.40. The van der Waals surface area contributed by atoms with Crippen molar-refractivity contribution in [2.45, 2.75) is 0 Å². The second-order valence-electron chi connectivity index (χ2n) is 4.78. The highest BCUT2D eigenvalue weighted by atomic mass is 19.1. The van der Waals surface area contributed by atoms with Crippen LogP contribution in [0.4, 0.5) is 10.1 Å². The number of rotatable bonds is 3. The number of amides is 1. The monoisotopic (exact) mass is 313 g/mol. The number of hydrogen-bond acceptors (Lipinski definition) is 4. The molecule has 3 aromatic rings. The molecule has 5 nitrogen and oxygen atoms in total. The molecule has 0 fully saturated rings. The summed E-state index contributed by atoms with van der Waals surface area (Å²) in [6, 6.07) is 12.0. The van der Waals surface area contributed by atoms with Crippen LogP contribution in [-0.4, -0.2) is 13.0 Å². The molecule has 0 saturated heterocycles. The Hall–Kier alpha value is -3.15. The predicted octanol–water partition coefficient (Wildman–Crippen LogP) is 3.19. The maximum Gasteiger partial charge on any atom is 0.349 e. The molecule has 0 aliphatic rings. The topological polar surface area (TPSA) is 68.5 Å². The van der Waals surface area contributed by atoms with E-state index in [-0.39, 0.29) is 17.0 Å². The van der Waals surface area contributed by atoms with Gasteiger partial charge in [-0.1, -0.05) is 18.2 Å². The van der Waals surface area contributed by atoms with Gasteiger partial charge in [-0.05, 0) is 24.3 Å². The Morgan fingerprint density at radius 1 is 1.17 bits per heavy atom. The van der Waals surface area contributed by atoms with Crippen molar-refractivity contribution < 1.29 is 18.3 Å². The van der Waals surface area contributed by atoms with Gasteiger partial charge in [-0.25, -0.2) is 9.18 Å². The number of benzene rings is 2. The van der Waals surface area contributed by atoms with Crippen LogP contribution in [0.1, 0.15) is 10.4 Å². The SMILES string of the molecule is COc1ccc(F)cc1NC(=O)c1cc2ccccc2oc1=O. The maximum atomic E-state index is 13.3. The van der Waals surface area contributed by atoms with E-state index >= 15 is 0 Å². The Morgan fingerprint density at radius 3 is 2.74 bits per heavy atom. The fourth-order valence-corrected chi connectivity index (χ4v) is 2.19. The molecule has 0 aliphatic heterocycles. The summed E-state index contributed by atoms with van der Waals surface area (Å²) in [4.78, 5) is 24.3. The van der Waals surface area contributed by atoms with Crippen molar-refractivity contribution >= 4 is 22.6 Å². The Labute approximate surface area is 130 Å². The highest BCUT2D eigenvalue weighted by Crippen LogP contribution is 2.25. The molecule has 6 heteroatoms. The van der Waals surface area contributed by atoms with Crippen LogP contribution in [0.25, 0.3) is 11.0 Å². The van der Waals surface area contributed by atoms with Crippen LogP contribution in [0.2, 0.25) is 0 Å². The Morgan fingerprint density at radius 2 is 1.96 bits per heavy atom. The van der Waals surface area contributed by atoms with E-state index in [1.165, 1.54) is 25.3 Å². The summed E-state index contributed by atoms with van der Waals surface area (Å²) < 4.78 is 23.5. The number of carbonyl (C=O) groups excluding carboxylic acids is 1. The molecule has 0 saturated carbocycles. The predicted molar refractivity (Wildman–Crippen MR) is 83.4 cm³/mol. The van der Waals surface area contributed by atoms with Gasteiger partial charge < -0.3 is 14.5 Å². The molecule has 1 aromatic heterocycles. The molecule has 3 rings (SSSR count). The average Bonchev–Trinajstić information content (AvgIpc) is 2.54. The van der Waals surface area contributed by atoms with Crippen molar-refractivity contribution in [3.63, 3.8) is 0 Å². The van der Waals surface area contributed by atoms with Gasteiger partial charge in [0, 0.05) is 11.5 Å². The Balaban J connectivity index is 2.00. The third kappa shape index (κ3) is 2.91. The molecule has 0 atom stereocenters. The van der Waals surface area contributed by atoms with Gasteiger partial charge in [0.25, 0.3) is 5.91 Å². The lowest BCUT2D eigenvalue weighted by Crippen LogP contribution is -2.21. The molecule has 0 bridgehead atoms. The van der Waals surface area contributed by atoms with Crippen molar-refractivity contribution in [3.05, 3.63) is 70.3 Å². The first-order valence-electron chi connectivity index (χ1n) is 6.76. The zero-order valence-corrected chi connectivity index (χ0v) is 12.1. The van der Waals surface area contributed by atoms with Gasteiger partial charge in [-0.15, -0.1) is 0 Å². The number of carbonyl (C=O) groups is 1. The Kier molecular flexibility index (Phi) is 3.80. The van der Waals surface area contributed by atoms with Gasteiger partial charge in [0.1, 0.15) is 22.7 Å². The molecule has 1 heterocycles. The third-order valence-corrected chi connectivity index (χ3v) is 3.30. The third-order valence-electron chi connectivity index (χ3n) is 3.30. The molecular weight excluding hydrogens is 301 g/mol. The second kappa shape index (κ2) is 5.92. The minimum absolute atomic E-state index is 0.130. The van der Waals surface area contributed by atoms with E-state index in [9.17, 15) is 14.0 Å². The summed E-state index contributed by atoms with van der Waals surface area (Å²) in [6.07, 6.45) is 0. The molecular formula is C17H12FNO4. The van der Waals surface area contributed by atoms with Gasteiger partial charge in [-0.2, -0.15) is 0 Å². The average molecular weight is 313 g/mol. The van der Waals surface area contributed by atoms with E-state index in [0.29, 0.717) is 11.0 Å². The van der Waals surface area contributed by atoms with Crippen molar-refractivity contribution in [1.82, 2.24) is 0 Å². The lowest BCUT2D eigenvalue weighted by molar-refractivity contribution is 0.102. The summed E-state index contributed by atoms with van der Waals surface area (Å²) >= 11 is 0. The number of methoxy groups -OCH3 is 1. The molecule has 1 amide bonds. The van der Waals surface area contributed by atoms with Gasteiger partial charge in [0.2, 0.25) is 0 Å². The van der Waals surface area contributed by atoms with E-state index in [4.69, 9.17) is 9.15 Å². The largest absolute Gasteiger partial charge is 0.495 e. The molecule has 0 aliphatic carbocycles. The van der Waals surface area contributed by atoms with Crippen molar-refractivity contribution in [3.8, 4) is 5.75 Å².